The summed E-state index contributed by atoms with van der Waals surface area (Å²) in [5, 5.41) is 4.31. The number of hydrogen-bond acceptors (Lipinski definition) is 2. The van der Waals surface area contributed by atoms with E-state index < -0.39 is 0 Å². The van der Waals surface area contributed by atoms with Gasteiger partial charge in [0, 0.05) is 11.1 Å². The molecule has 0 aliphatic rings. The summed E-state index contributed by atoms with van der Waals surface area (Å²) in [7, 11) is 1.68. The Kier molecular flexibility index (Phi) is 5.45. The summed E-state index contributed by atoms with van der Waals surface area (Å²) >= 11 is 6.31. The van der Waals surface area contributed by atoms with Crippen LogP contribution in [0.2, 0.25) is 5.02 Å². The standard InChI is InChI=1S/C17H20ClNO/c1-3-19-17(15-6-4-5-7-16(15)18)12-13-8-10-14(20-2)11-9-13/h4-11,17,19H,3,12H2,1-2H3. The quantitative estimate of drug-likeness (QED) is 0.859. The molecule has 2 rings (SSSR count). The van der Waals surface area contributed by atoms with Gasteiger partial charge in [-0.15, -0.1) is 0 Å². The number of benzene rings is 2. The Labute approximate surface area is 125 Å². The molecule has 0 saturated carbocycles. The molecule has 0 saturated heterocycles. The van der Waals surface area contributed by atoms with Crippen LogP contribution in [0.25, 0.3) is 0 Å². The number of nitrogens with one attached hydrogen (secondary N) is 1. The largest absolute Gasteiger partial charge is 0.497 e. The third kappa shape index (κ3) is 3.75. The molecule has 0 radical (unpaired) electrons. The molecule has 0 aliphatic heterocycles. The maximum Gasteiger partial charge on any atom is 0.118 e. The second-order valence-corrected chi connectivity index (χ2v) is 5.09. The summed E-state index contributed by atoms with van der Waals surface area (Å²) in [6.07, 6.45) is 0.904. The molecule has 0 aliphatic carbocycles. The van der Waals surface area contributed by atoms with Gasteiger partial charge >= 0.3 is 0 Å². The molecule has 0 bridgehead atoms. The van der Waals surface area contributed by atoms with Gasteiger partial charge < -0.3 is 10.1 Å². The molecule has 0 heterocycles. The maximum absolute atomic E-state index is 6.31. The van der Waals surface area contributed by atoms with Crippen molar-refractivity contribution in [1.82, 2.24) is 5.32 Å². The fourth-order valence-corrected chi connectivity index (χ4v) is 2.56. The number of hydrogen-bond donors (Lipinski definition) is 1. The third-order valence-electron chi connectivity index (χ3n) is 3.33. The van der Waals surface area contributed by atoms with Gasteiger partial charge in [-0.25, -0.2) is 0 Å². The second-order valence-electron chi connectivity index (χ2n) is 4.68. The van der Waals surface area contributed by atoms with E-state index in [4.69, 9.17) is 16.3 Å². The lowest BCUT2D eigenvalue weighted by atomic mass is 9.98. The van der Waals surface area contributed by atoms with Gasteiger partial charge in [-0.2, -0.15) is 0 Å². The van der Waals surface area contributed by atoms with Crippen LogP contribution < -0.4 is 10.1 Å². The lowest BCUT2D eigenvalue weighted by Crippen LogP contribution is -2.23. The highest BCUT2D eigenvalue weighted by atomic mass is 35.5. The first kappa shape index (κ1) is 14.9. The molecule has 0 aromatic heterocycles. The lowest BCUT2D eigenvalue weighted by Gasteiger charge is -2.20. The Hall–Kier alpha value is -1.51. The van der Waals surface area contributed by atoms with Crippen LogP contribution in [-0.4, -0.2) is 13.7 Å². The van der Waals surface area contributed by atoms with Crippen molar-refractivity contribution in [2.24, 2.45) is 0 Å². The smallest absolute Gasteiger partial charge is 0.118 e. The van der Waals surface area contributed by atoms with Crippen molar-refractivity contribution in [3.8, 4) is 5.75 Å². The highest BCUT2D eigenvalue weighted by Gasteiger charge is 2.14. The molecule has 2 aromatic carbocycles. The Morgan fingerprint density at radius 1 is 1.10 bits per heavy atom. The van der Waals surface area contributed by atoms with Gasteiger partial charge in [-0.1, -0.05) is 48.9 Å². The monoisotopic (exact) mass is 289 g/mol. The Morgan fingerprint density at radius 2 is 1.80 bits per heavy atom. The number of ether oxygens (including phenoxy) is 1. The lowest BCUT2D eigenvalue weighted by molar-refractivity contribution is 0.414. The van der Waals surface area contributed by atoms with E-state index >= 15 is 0 Å². The molecule has 2 aromatic rings. The molecule has 3 heteroatoms. The van der Waals surface area contributed by atoms with Crippen LogP contribution in [0.5, 0.6) is 5.75 Å². The molecule has 20 heavy (non-hydrogen) atoms. The number of methoxy groups -OCH3 is 1. The van der Waals surface area contributed by atoms with E-state index in [-0.39, 0.29) is 6.04 Å². The molecular weight excluding hydrogens is 270 g/mol. The Balaban J connectivity index is 2.18. The average molecular weight is 290 g/mol. The van der Waals surface area contributed by atoms with Crippen molar-refractivity contribution in [3.63, 3.8) is 0 Å². The van der Waals surface area contributed by atoms with Gasteiger partial charge in [0.05, 0.1) is 7.11 Å². The number of halogens is 1. The van der Waals surface area contributed by atoms with Crippen LogP contribution in [0.3, 0.4) is 0 Å². The van der Waals surface area contributed by atoms with Crippen molar-refractivity contribution in [1.29, 1.82) is 0 Å². The zero-order valence-corrected chi connectivity index (χ0v) is 12.7. The summed E-state index contributed by atoms with van der Waals surface area (Å²) < 4.78 is 5.19. The van der Waals surface area contributed by atoms with Gasteiger partial charge in [0.15, 0.2) is 0 Å². The van der Waals surface area contributed by atoms with E-state index in [0.717, 1.165) is 29.3 Å². The topological polar surface area (TPSA) is 21.3 Å². The van der Waals surface area contributed by atoms with Gasteiger partial charge in [0.25, 0.3) is 0 Å². The molecule has 2 nitrogen and oxygen atoms in total. The van der Waals surface area contributed by atoms with Crippen molar-refractivity contribution >= 4 is 11.6 Å². The minimum Gasteiger partial charge on any atom is -0.497 e. The van der Waals surface area contributed by atoms with E-state index in [2.05, 4.69) is 30.4 Å². The van der Waals surface area contributed by atoms with Crippen molar-refractivity contribution in [2.45, 2.75) is 19.4 Å². The highest BCUT2D eigenvalue weighted by molar-refractivity contribution is 6.31. The number of likely N-dealkylation sites (N-methyl/N-ethyl adjacent to an activating group) is 1. The molecule has 1 unspecified atom stereocenters. The van der Waals surface area contributed by atoms with Gasteiger partial charge in [-0.05, 0) is 42.3 Å². The first-order valence-corrected chi connectivity index (χ1v) is 7.23. The summed E-state index contributed by atoms with van der Waals surface area (Å²) in [5.74, 6) is 0.881. The van der Waals surface area contributed by atoms with Crippen LogP contribution >= 0.6 is 11.6 Å². The first-order chi connectivity index (χ1) is 9.74. The van der Waals surface area contributed by atoms with E-state index in [1.54, 1.807) is 7.11 Å². The van der Waals surface area contributed by atoms with Crippen LogP contribution in [0, 0.1) is 0 Å². The molecule has 106 valence electrons. The molecule has 1 N–H and O–H groups in total. The minimum atomic E-state index is 0.224. The van der Waals surface area contributed by atoms with Gasteiger partial charge in [0.1, 0.15) is 5.75 Å². The predicted octanol–water partition coefficient (Wildman–Crippen LogP) is 4.24. The Morgan fingerprint density at radius 3 is 2.40 bits per heavy atom. The van der Waals surface area contributed by atoms with Crippen LogP contribution in [-0.2, 0) is 6.42 Å². The maximum atomic E-state index is 6.31. The SMILES string of the molecule is CCNC(Cc1ccc(OC)cc1)c1ccccc1Cl. The van der Waals surface area contributed by atoms with E-state index in [1.165, 1.54) is 5.56 Å². The van der Waals surface area contributed by atoms with Crippen LogP contribution in [0.4, 0.5) is 0 Å². The highest BCUT2D eigenvalue weighted by Crippen LogP contribution is 2.26. The molecule has 0 amide bonds. The van der Waals surface area contributed by atoms with Crippen LogP contribution in [0.15, 0.2) is 48.5 Å². The zero-order valence-electron chi connectivity index (χ0n) is 11.9. The van der Waals surface area contributed by atoms with Crippen molar-refractivity contribution in [2.75, 3.05) is 13.7 Å². The molecule has 0 fully saturated rings. The summed E-state index contributed by atoms with van der Waals surface area (Å²) in [6, 6.07) is 16.4. The van der Waals surface area contributed by atoms with Crippen molar-refractivity contribution in [3.05, 3.63) is 64.7 Å². The summed E-state index contributed by atoms with van der Waals surface area (Å²) in [5.41, 5.74) is 2.41. The zero-order chi connectivity index (χ0) is 14.4. The van der Waals surface area contributed by atoms with Gasteiger partial charge in [0.2, 0.25) is 0 Å². The number of rotatable bonds is 6. The van der Waals surface area contributed by atoms with E-state index in [0.29, 0.717) is 0 Å². The average Bonchev–Trinajstić information content (AvgIpc) is 2.48. The molecule has 0 spiro atoms. The normalized spacial score (nSPS) is 12.2. The Bertz CT molecular complexity index is 539. The van der Waals surface area contributed by atoms with E-state index in [9.17, 15) is 0 Å². The van der Waals surface area contributed by atoms with E-state index in [1.807, 2.05) is 30.3 Å². The second kappa shape index (κ2) is 7.32. The molecular formula is C17H20ClNO. The third-order valence-corrected chi connectivity index (χ3v) is 3.67. The molecule has 1 atom stereocenters. The van der Waals surface area contributed by atoms with Crippen LogP contribution in [0.1, 0.15) is 24.1 Å². The fourth-order valence-electron chi connectivity index (χ4n) is 2.29. The fraction of sp³-hybridized carbons (Fsp3) is 0.294. The van der Waals surface area contributed by atoms with Crippen molar-refractivity contribution < 1.29 is 4.74 Å². The summed E-state index contributed by atoms with van der Waals surface area (Å²) in [6.45, 7) is 3.02. The predicted molar refractivity (Wildman–Crippen MR) is 84.6 cm³/mol. The first-order valence-electron chi connectivity index (χ1n) is 6.85. The summed E-state index contributed by atoms with van der Waals surface area (Å²) in [4.78, 5) is 0. The van der Waals surface area contributed by atoms with Gasteiger partial charge in [-0.3, -0.25) is 0 Å². The minimum absolute atomic E-state index is 0.224.